The number of halogens is 1. The van der Waals surface area contributed by atoms with Gasteiger partial charge in [0.1, 0.15) is 5.56 Å². The zero-order chi connectivity index (χ0) is 10.3. The molecule has 72 valence electrons. The summed E-state index contributed by atoms with van der Waals surface area (Å²) >= 11 is 3.16. The summed E-state index contributed by atoms with van der Waals surface area (Å²) in [5.74, 6) is -1.68. The molecule has 2 N–H and O–H groups in total. The van der Waals surface area contributed by atoms with Gasteiger partial charge in [0.25, 0.3) is 0 Å². The summed E-state index contributed by atoms with van der Waals surface area (Å²) in [4.78, 5) is 14.5. The van der Waals surface area contributed by atoms with Crippen molar-refractivity contribution in [2.24, 2.45) is 0 Å². The van der Waals surface area contributed by atoms with Crippen molar-refractivity contribution in [3.8, 4) is 5.88 Å². The van der Waals surface area contributed by atoms with Crippen molar-refractivity contribution < 1.29 is 15.0 Å². The number of nitrogens with zero attached hydrogens (tertiary/aromatic N) is 3. The highest BCUT2D eigenvalue weighted by Crippen LogP contribution is 2.22. The third-order valence-corrected chi connectivity index (χ3v) is 2.25. The summed E-state index contributed by atoms with van der Waals surface area (Å²) in [5.41, 5.74) is 0.0839. The van der Waals surface area contributed by atoms with Crippen molar-refractivity contribution in [2.45, 2.75) is 0 Å². The maximum atomic E-state index is 10.6. The number of carboxylic acid groups (broad SMARTS) is 1. The van der Waals surface area contributed by atoms with Crippen LogP contribution in [0.1, 0.15) is 10.4 Å². The van der Waals surface area contributed by atoms with Crippen LogP contribution in [-0.4, -0.2) is 30.8 Å². The van der Waals surface area contributed by atoms with Gasteiger partial charge in [0.15, 0.2) is 5.65 Å². The Balaban J connectivity index is 2.82. The average Bonchev–Trinajstić information content (AvgIpc) is 2.49. The van der Waals surface area contributed by atoms with Gasteiger partial charge < -0.3 is 10.2 Å². The van der Waals surface area contributed by atoms with E-state index in [-0.39, 0.29) is 5.56 Å². The van der Waals surface area contributed by atoms with E-state index in [4.69, 9.17) is 5.11 Å². The van der Waals surface area contributed by atoms with Crippen LogP contribution in [0.25, 0.3) is 5.65 Å². The molecule has 0 saturated carbocycles. The second-order valence-corrected chi connectivity index (χ2v) is 3.38. The minimum atomic E-state index is -1.25. The van der Waals surface area contributed by atoms with Gasteiger partial charge in [-0.15, -0.1) is 0 Å². The average molecular weight is 258 g/mol. The van der Waals surface area contributed by atoms with Crippen molar-refractivity contribution in [3.63, 3.8) is 0 Å². The van der Waals surface area contributed by atoms with Crippen LogP contribution in [0, 0.1) is 0 Å². The molecule has 0 atom stereocenters. The summed E-state index contributed by atoms with van der Waals surface area (Å²) in [5, 5.41) is 21.9. The second-order valence-electron chi connectivity index (χ2n) is 2.53. The lowest BCUT2D eigenvalue weighted by Crippen LogP contribution is -2.02. The molecule has 0 bridgehead atoms. The highest BCUT2D eigenvalue weighted by Gasteiger charge is 2.15. The minimum Gasteiger partial charge on any atom is -0.493 e. The lowest BCUT2D eigenvalue weighted by atomic mass is 10.3. The Bertz CT molecular complexity index is 522. The summed E-state index contributed by atoms with van der Waals surface area (Å²) in [6.07, 6.45) is 2.51. The number of aromatic nitrogens is 3. The topological polar surface area (TPSA) is 87.7 Å². The van der Waals surface area contributed by atoms with E-state index in [1.165, 1.54) is 6.20 Å². The van der Waals surface area contributed by atoms with Gasteiger partial charge in [0.2, 0.25) is 5.88 Å². The number of hydrogen-bond donors (Lipinski definition) is 2. The number of carboxylic acids is 1. The molecule has 0 spiro atoms. The molecule has 14 heavy (non-hydrogen) atoms. The first kappa shape index (κ1) is 8.95. The van der Waals surface area contributed by atoms with Crippen LogP contribution in [0.3, 0.4) is 0 Å². The number of rotatable bonds is 1. The molecule has 0 radical (unpaired) electrons. The molecular weight excluding hydrogens is 254 g/mol. The molecule has 0 aliphatic rings. The van der Waals surface area contributed by atoms with E-state index in [1.54, 1.807) is 0 Å². The first-order valence-electron chi connectivity index (χ1n) is 3.55. The van der Waals surface area contributed by atoms with Gasteiger partial charge in [-0.05, 0) is 15.9 Å². The molecule has 2 heterocycles. The predicted octanol–water partition coefficient (Wildman–Crippen LogP) is 0.896. The minimum absolute atomic E-state index is 0.284. The fourth-order valence-electron chi connectivity index (χ4n) is 1.04. The van der Waals surface area contributed by atoms with E-state index in [2.05, 4.69) is 26.0 Å². The van der Waals surface area contributed by atoms with Crippen LogP contribution in [0.2, 0.25) is 0 Å². The summed E-state index contributed by atoms with van der Waals surface area (Å²) in [6, 6.07) is 0. The quantitative estimate of drug-likeness (QED) is 0.793. The lowest BCUT2D eigenvalue weighted by molar-refractivity contribution is 0.0692. The van der Waals surface area contributed by atoms with Gasteiger partial charge in [0, 0.05) is 6.20 Å². The van der Waals surface area contributed by atoms with Crippen molar-refractivity contribution in [1.82, 2.24) is 14.6 Å². The molecule has 2 rings (SSSR count). The zero-order valence-corrected chi connectivity index (χ0v) is 8.26. The molecule has 0 aliphatic carbocycles. The highest BCUT2D eigenvalue weighted by molar-refractivity contribution is 9.10. The normalized spacial score (nSPS) is 10.6. The van der Waals surface area contributed by atoms with Crippen LogP contribution in [0.4, 0.5) is 0 Å². The van der Waals surface area contributed by atoms with Crippen molar-refractivity contribution in [2.75, 3.05) is 0 Å². The Labute approximate surface area is 85.9 Å². The van der Waals surface area contributed by atoms with E-state index in [0.717, 1.165) is 10.7 Å². The number of aromatic carboxylic acids is 1. The van der Waals surface area contributed by atoms with Gasteiger partial charge in [-0.1, -0.05) is 0 Å². The molecule has 7 heteroatoms. The van der Waals surface area contributed by atoms with Crippen molar-refractivity contribution in [1.29, 1.82) is 0 Å². The summed E-state index contributed by atoms with van der Waals surface area (Å²) in [7, 11) is 0. The highest BCUT2D eigenvalue weighted by atomic mass is 79.9. The van der Waals surface area contributed by atoms with E-state index >= 15 is 0 Å². The van der Waals surface area contributed by atoms with Crippen LogP contribution in [0.5, 0.6) is 5.88 Å². The summed E-state index contributed by atoms with van der Waals surface area (Å²) < 4.78 is 1.64. The third-order valence-electron chi connectivity index (χ3n) is 1.69. The first-order valence-corrected chi connectivity index (χ1v) is 4.35. The molecule has 0 amide bonds. The fourth-order valence-corrected chi connectivity index (χ4v) is 1.40. The van der Waals surface area contributed by atoms with E-state index in [0.29, 0.717) is 10.1 Å². The standard InChI is InChI=1S/C7H4BrN3O3/c8-4-2-10-11-5(4)9-1-3(6(11)12)7(13)14/h1-2,12H,(H,13,14). The van der Waals surface area contributed by atoms with Crippen molar-refractivity contribution in [3.05, 3.63) is 22.4 Å². The van der Waals surface area contributed by atoms with Crippen LogP contribution in [0.15, 0.2) is 16.9 Å². The molecular formula is C7H4BrN3O3. The van der Waals surface area contributed by atoms with Crippen LogP contribution in [-0.2, 0) is 0 Å². The molecule has 0 aliphatic heterocycles. The van der Waals surface area contributed by atoms with Gasteiger partial charge >= 0.3 is 5.97 Å². The molecule has 2 aromatic heterocycles. The summed E-state index contributed by atoms with van der Waals surface area (Å²) in [6.45, 7) is 0. The van der Waals surface area contributed by atoms with E-state index in [1.807, 2.05) is 0 Å². The fraction of sp³-hybridized carbons (Fsp3) is 0. The van der Waals surface area contributed by atoms with Crippen molar-refractivity contribution >= 4 is 27.5 Å². The number of hydrogen-bond acceptors (Lipinski definition) is 4. The molecule has 6 nitrogen and oxygen atoms in total. The van der Waals surface area contributed by atoms with Gasteiger partial charge in [-0.25, -0.2) is 9.78 Å². The molecule has 2 aromatic rings. The third kappa shape index (κ3) is 1.13. The Morgan fingerprint density at radius 3 is 2.86 bits per heavy atom. The van der Waals surface area contributed by atoms with Gasteiger partial charge in [-0.2, -0.15) is 9.61 Å². The number of carbonyl (C=O) groups is 1. The molecule has 0 unspecified atom stereocenters. The zero-order valence-electron chi connectivity index (χ0n) is 6.68. The molecule has 0 fully saturated rings. The first-order chi connectivity index (χ1) is 6.61. The van der Waals surface area contributed by atoms with E-state index < -0.39 is 11.8 Å². The largest absolute Gasteiger partial charge is 0.493 e. The molecule has 0 aromatic carbocycles. The maximum absolute atomic E-state index is 10.6. The Morgan fingerprint density at radius 1 is 1.50 bits per heavy atom. The van der Waals surface area contributed by atoms with E-state index in [9.17, 15) is 9.90 Å². The number of fused-ring (bicyclic) bond motifs is 1. The molecule has 0 saturated heterocycles. The Kier molecular flexibility index (Phi) is 1.88. The smallest absolute Gasteiger partial charge is 0.342 e. The van der Waals surface area contributed by atoms with Crippen LogP contribution >= 0.6 is 15.9 Å². The monoisotopic (exact) mass is 257 g/mol. The van der Waals surface area contributed by atoms with Crippen LogP contribution < -0.4 is 0 Å². The predicted molar refractivity (Wildman–Crippen MR) is 49.3 cm³/mol. The Hall–Kier alpha value is -1.63. The lowest BCUT2D eigenvalue weighted by Gasteiger charge is -2.00. The van der Waals surface area contributed by atoms with Gasteiger partial charge in [0.05, 0.1) is 10.7 Å². The Morgan fingerprint density at radius 2 is 2.21 bits per heavy atom. The number of aromatic hydroxyl groups is 1. The second kappa shape index (κ2) is 2.95. The van der Waals surface area contributed by atoms with Gasteiger partial charge in [-0.3, -0.25) is 0 Å². The SMILES string of the molecule is O=C(O)c1cnc2c(Br)cnn2c1O. The maximum Gasteiger partial charge on any atom is 0.342 e.